The van der Waals surface area contributed by atoms with Crippen LogP contribution in [0.4, 0.5) is 0 Å². The molecule has 1 radical (unpaired) electrons. The van der Waals surface area contributed by atoms with Gasteiger partial charge in [0, 0.05) is 32.7 Å². The first-order valence-electron chi connectivity index (χ1n) is 6.05. The second-order valence-electron chi connectivity index (χ2n) is 4.98. The summed E-state index contributed by atoms with van der Waals surface area (Å²) in [6.07, 6.45) is 5.42. The zero-order valence-electron chi connectivity index (χ0n) is 11.0. The topological polar surface area (TPSA) is 26.3 Å². The Morgan fingerprint density at radius 1 is 1.50 bits per heavy atom. The summed E-state index contributed by atoms with van der Waals surface area (Å²) in [5, 5.41) is 0. The Kier molecular flexibility index (Phi) is 7.20. The smallest absolute Gasteiger partial charge is 0.170 e. The van der Waals surface area contributed by atoms with E-state index in [1.165, 1.54) is 19.3 Å². The molecule has 0 N–H and O–H groups in total. The van der Waals surface area contributed by atoms with Gasteiger partial charge in [-0.3, -0.25) is 10.7 Å². The molecule has 1 saturated carbocycles. The summed E-state index contributed by atoms with van der Waals surface area (Å²) in [7, 11) is 0. The van der Waals surface area contributed by atoms with Crippen LogP contribution in [-0.2, 0) is 42.2 Å². The van der Waals surface area contributed by atoms with Crippen molar-refractivity contribution in [3.63, 3.8) is 0 Å². The third-order valence-electron chi connectivity index (χ3n) is 3.81. The fourth-order valence-electron chi connectivity index (χ4n) is 2.07. The van der Waals surface area contributed by atoms with Crippen molar-refractivity contribution in [1.29, 1.82) is 0 Å². The molecular weight excluding hydrogens is 277 g/mol. The maximum absolute atomic E-state index is 11.7. The molecular formula is C13H23O2Y-. The summed E-state index contributed by atoms with van der Waals surface area (Å²) >= 11 is 0. The summed E-state index contributed by atoms with van der Waals surface area (Å²) in [6, 6.07) is 0. The van der Waals surface area contributed by atoms with E-state index in [1.807, 2.05) is 13.8 Å². The number of rotatable bonds is 3. The average Bonchev–Trinajstić information content (AvgIpc) is 2.21. The van der Waals surface area contributed by atoms with Gasteiger partial charge in [0.05, 0.1) is 0 Å². The Labute approximate surface area is 125 Å². The van der Waals surface area contributed by atoms with Gasteiger partial charge in [-0.25, -0.2) is 0 Å². The van der Waals surface area contributed by atoms with Crippen LogP contribution in [0.25, 0.3) is 0 Å². The van der Waals surface area contributed by atoms with Crippen LogP contribution in [0.3, 0.4) is 0 Å². The van der Waals surface area contributed by atoms with Crippen LogP contribution in [-0.4, -0.2) is 11.6 Å². The second kappa shape index (κ2) is 7.01. The SMILES string of the molecule is CC[C-](C)C(=O)OC1(C)CCCCC1C.[Y]. The first-order chi connectivity index (χ1) is 6.99. The van der Waals surface area contributed by atoms with E-state index >= 15 is 0 Å². The van der Waals surface area contributed by atoms with E-state index in [2.05, 4.69) is 13.8 Å². The number of ether oxygens (including phenoxy) is 1. The molecule has 2 unspecified atom stereocenters. The van der Waals surface area contributed by atoms with Crippen LogP contribution in [0.2, 0.25) is 0 Å². The molecule has 1 rings (SSSR count). The third-order valence-corrected chi connectivity index (χ3v) is 3.81. The molecule has 91 valence electrons. The van der Waals surface area contributed by atoms with Gasteiger partial charge in [-0.05, 0) is 32.1 Å². The van der Waals surface area contributed by atoms with Crippen molar-refractivity contribution >= 4 is 5.97 Å². The van der Waals surface area contributed by atoms with Gasteiger partial charge in [0.15, 0.2) is 5.97 Å². The van der Waals surface area contributed by atoms with Crippen LogP contribution < -0.4 is 0 Å². The monoisotopic (exact) mass is 300 g/mol. The molecule has 0 aromatic carbocycles. The summed E-state index contributed by atoms with van der Waals surface area (Å²) < 4.78 is 5.67. The molecule has 0 aromatic heterocycles. The minimum absolute atomic E-state index is 0. The first-order valence-corrected chi connectivity index (χ1v) is 6.05. The standard InChI is InChI=1S/C13H23O2.Y/c1-5-10(2)12(14)15-13(4)9-7-6-8-11(13)3;/h11H,5-9H2,1-4H3;/q-1;. The third kappa shape index (κ3) is 4.03. The molecule has 3 heteroatoms. The summed E-state index contributed by atoms with van der Waals surface area (Å²) in [5.74, 6) is 1.21. The Balaban J connectivity index is 0.00000225. The number of hydrogen-bond acceptors (Lipinski definition) is 2. The van der Waals surface area contributed by atoms with E-state index in [0.717, 1.165) is 18.8 Å². The van der Waals surface area contributed by atoms with Gasteiger partial charge in [-0.1, -0.05) is 20.3 Å². The maximum atomic E-state index is 11.7. The van der Waals surface area contributed by atoms with E-state index in [1.54, 1.807) is 0 Å². The van der Waals surface area contributed by atoms with Gasteiger partial charge in [-0.15, -0.1) is 0 Å². The number of carbonyl (C=O) groups is 1. The second-order valence-corrected chi connectivity index (χ2v) is 4.98. The largest absolute Gasteiger partial charge is 0.482 e. The van der Waals surface area contributed by atoms with Crippen molar-refractivity contribution in [2.45, 2.75) is 65.4 Å². The molecule has 0 heterocycles. The predicted molar refractivity (Wildman–Crippen MR) is 61.3 cm³/mol. The van der Waals surface area contributed by atoms with Crippen LogP contribution in [0.5, 0.6) is 0 Å². The Bertz CT molecular complexity index is 230. The first kappa shape index (κ1) is 16.4. The zero-order valence-corrected chi connectivity index (χ0v) is 13.8. The van der Waals surface area contributed by atoms with Crippen molar-refractivity contribution in [2.24, 2.45) is 5.92 Å². The fourth-order valence-corrected chi connectivity index (χ4v) is 2.07. The van der Waals surface area contributed by atoms with Crippen LogP contribution >= 0.6 is 0 Å². The molecule has 0 aliphatic heterocycles. The van der Waals surface area contributed by atoms with E-state index in [9.17, 15) is 4.79 Å². The number of esters is 1. The molecule has 2 atom stereocenters. The van der Waals surface area contributed by atoms with Crippen LogP contribution in [0, 0.1) is 11.8 Å². The van der Waals surface area contributed by atoms with Crippen LogP contribution in [0.15, 0.2) is 0 Å². The molecule has 1 aliphatic carbocycles. The molecule has 0 aromatic rings. The summed E-state index contributed by atoms with van der Waals surface area (Å²) in [4.78, 5) is 11.7. The van der Waals surface area contributed by atoms with Gasteiger partial charge in [0.25, 0.3) is 0 Å². The quantitative estimate of drug-likeness (QED) is 0.589. The summed E-state index contributed by atoms with van der Waals surface area (Å²) in [6.45, 7) is 8.12. The van der Waals surface area contributed by atoms with Gasteiger partial charge in [-0.2, -0.15) is 13.3 Å². The van der Waals surface area contributed by atoms with Gasteiger partial charge >= 0.3 is 0 Å². The molecule has 1 fully saturated rings. The number of carbonyl (C=O) groups excluding carboxylic acids is 1. The minimum atomic E-state index is -0.230. The van der Waals surface area contributed by atoms with Crippen molar-refractivity contribution in [2.75, 3.05) is 0 Å². The van der Waals surface area contributed by atoms with Gasteiger partial charge in [0.1, 0.15) is 5.60 Å². The Hall–Kier alpha value is 0.444. The molecule has 1 aliphatic rings. The Morgan fingerprint density at radius 3 is 2.62 bits per heavy atom. The molecule has 0 spiro atoms. The minimum Gasteiger partial charge on any atom is -0.482 e. The van der Waals surface area contributed by atoms with Crippen molar-refractivity contribution in [1.82, 2.24) is 0 Å². The summed E-state index contributed by atoms with van der Waals surface area (Å²) in [5.41, 5.74) is -0.230. The molecule has 16 heavy (non-hydrogen) atoms. The maximum Gasteiger partial charge on any atom is 0.170 e. The normalized spacial score (nSPS) is 29.1. The number of hydrogen-bond donors (Lipinski definition) is 0. The van der Waals surface area contributed by atoms with E-state index < -0.39 is 0 Å². The van der Waals surface area contributed by atoms with Crippen molar-refractivity contribution in [3.05, 3.63) is 5.92 Å². The van der Waals surface area contributed by atoms with Crippen molar-refractivity contribution < 1.29 is 42.2 Å². The van der Waals surface area contributed by atoms with Gasteiger partial charge in [0.2, 0.25) is 0 Å². The van der Waals surface area contributed by atoms with E-state index in [0.29, 0.717) is 5.92 Å². The average molecular weight is 300 g/mol. The van der Waals surface area contributed by atoms with Gasteiger partial charge < -0.3 is 4.74 Å². The predicted octanol–water partition coefficient (Wildman–Crippen LogP) is 3.50. The van der Waals surface area contributed by atoms with Crippen molar-refractivity contribution in [3.8, 4) is 0 Å². The molecule has 0 amide bonds. The zero-order chi connectivity index (χ0) is 11.5. The van der Waals surface area contributed by atoms with E-state index in [-0.39, 0.29) is 44.3 Å². The molecule has 2 nitrogen and oxygen atoms in total. The van der Waals surface area contributed by atoms with Crippen LogP contribution in [0.1, 0.15) is 59.8 Å². The Morgan fingerprint density at radius 2 is 2.12 bits per heavy atom. The fraction of sp³-hybridized carbons (Fsp3) is 0.846. The molecule has 0 saturated heterocycles. The molecule has 0 bridgehead atoms. The van der Waals surface area contributed by atoms with E-state index in [4.69, 9.17) is 4.74 Å².